The van der Waals surface area contributed by atoms with Gasteiger partial charge >= 0.3 is 0 Å². The van der Waals surface area contributed by atoms with Gasteiger partial charge in [-0.05, 0) is 37.6 Å². The number of aryl methyl sites for hydroxylation is 1. The highest BCUT2D eigenvalue weighted by Gasteiger charge is 2.27. The molecule has 0 radical (unpaired) electrons. The van der Waals surface area contributed by atoms with Crippen LogP contribution in [0.3, 0.4) is 0 Å². The molecule has 0 bridgehead atoms. The van der Waals surface area contributed by atoms with Gasteiger partial charge in [-0.25, -0.2) is 0 Å². The SMILES string of the molecule is Cn1nc(C2CCCNC2)c2ccc(N3CC(CO)C3)cc21. The molecular weight excluding hydrogens is 276 g/mol. The Morgan fingerprint density at radius 2 is 2.23 bits per heavy atom. The van der Waals surface area contributed by atoms with Crippen molar-refractivity contribution >= 4 is 16.6 Å². The molecule has 2 aliphatic heterocycles. The molecule has 0 aliphatic carbocycles. The minimum absolute atomic E-state index is 0.295. The molecule has 2 aliphatic rings. The molecule has 1 atom stereocenters. The Morgan fingerprint density at radius 3 is 2.95 bits per heavy atom. The zero-order valence-electron chi connectivity index (χ0n) is 13.1. The summed E-state index contributed by atoms with van der Waals surface area (Å²) in [4.78, 5) is 2.33. The van der Waals surface area contributed by atoms with Crippen LogP contribution in [0.1, 0.15) is 24.5 Å². The molecule has 2 saturated heterocycles. The third kappa shape index (κ3) is 2.29. The summed E-state index contributed by atoms with van der Waals surface area (Å²) in [6, 6.07) is 6.68. The van der Waals surface area contributed by atoms with Crippen molar-refractivity contribution in [2.45, 2.75) is 18.8 Å². The molecule has 2 N–H and O–H groups in total. The van der Waals surface area contributed by atoms with E-state index in [-0.39, 0.29) is 0 Å². The van der Waals surface area contributed by atoms with Gasteiger partial charge in [-0.2, -0.15) is 5.10 Å². The number of hydrogen-bond donors (Lipinski definition) is 2. The molecule has 5 heteroatoms. The summed E-state index contributed by atoms with van der Waals surface area (Å²) in [5.74, 6) is 0.970. The van der Waals surface area contributed by atoms with Gasteiger partial charge in [0, 0.05) is 56.2 Å². The van der Waals surface area contributed by atoms with Crippen molar-refractivity contribution in [3.05, 3.63) is 23.9 Å². The molecule has 1 aromatic carbocycles. The molecule has 3 heterocycles. The van der Waals surface area contributed by atoms with E-state index in [1.54, 1.807) is 0 Å². The van der Waals surface area contributed by atoms with Crippen molar-refractivity contribution in [1.82, 2.24) is 15.1 Å². The number of nitrogens with one attached hydrogen (secondary N) is 1. The first kappa shape index (κ1) is 14.0. The van der Waals surface area contributed by atoms with Gasteiger partial charge in [0.05, 0.1) is 11.2 Å². The number of aromatic nitrogens is 2. The van der Waals surface area contributed by atoms with Gasteiger partial charge in [-0.1, -0.05) is 0 Å². The molecule has 0 amide bonds. The first-order valence-electron chi connectivity index (χ1n) is 8.29. The summed E-state index contributed by atoms with van der Waals surface area (Å²) < 4.78 is 2.02. The van der Waals surface area contributed by atoms with E-state index in [0.29, 0.717) is 18.4 Å². The Bertz CT molecular complexity index is 669. The number of anilines is 1. The Hall–Kier alpha value is -1.59. The predicted octanol–water partition coefficient (Wildman–Crippen LogP) is 1.47. The minimum Gasteiger partial charge on any atom is -0.396 e. The van der Waals surface area contributed by atoms with Gasteiger partial charge in [0.1, 0.15) is 0 Å². The Morgan fingerprint density at radius 1 is 1.36 bits per heavy atom. The van der Waals surface area contributed by atoms with Crippen molar-refractivity contribution in [2.75, 3.05) is 37.7 Å². The molecule has 0 saturated carbocycles. The summed E-state index contributed by atoms with van der Waals surface area (Å²) in [6.07, 6.45) is 2.46. The van der Waals surface area contributed by atoms with E-state index in [4.69, 9.17) is 10.2 Å². The predicted molar refractivity (Wildman–Crippen MR) is 88.3 cm³/mol. The van der Waals surface area contributed by atoms with Crippen molar-refractivity contribution in [3.8, 4) is 0 Å². The fourth-order valence-corrected chi connectivity index (χ4v) is 3.75. The fraction of sp³-hybridized carbons (Fsp3) is 0.588. The molecule has 0 spiro atoms. The van der Waals surface area contributed by atoms with Crippen LogP contribution in [-0.4, -0.2) is 47.7 Å². The molecule has 4 rings (SSSR count). The highest BCUT2D eigenvalue weighted by Crippen LogP contribution is 2.33. The van der Waals surface area contributed by atoms with Crippen LogP contribution in [0.5, 0.6) is 0 Å². The number of hydrogen-bond acceptors (Lipinski definition) is 4. The lowest BCUT2D eigenvalue weighted by Crippen LogP contribution is -2.48. The highest BCUT2D eigenvalue weighted by atomic mass is 16.3. The van der Waals surface area contributed by atoms with E-state index in [0.717, 1.165) is 26.2 Å². The average Bonchev–Trinajstić information content (AvgIpc) is 2.84. The van der Waals surface area contributed by atoms with Gasteiger partial charge in [0.25, 0.3) is 0 Å². The summed E-state index contributed by atoms with van der Waals surface area (Å²) >= 11 is 0. The quantitative estimate of drug-likeness (QED) is 0.901. The first-order valence-corrected chi connectivity index (χ1v) is 8.29. The zero-order valence-corrected chi connectivity index (χ0v) is 13.1. The third-order valence-corrected chi connectivity index (χ3v) is 5.13. The summed E-state index contributed by atoms with van der Waals surface area (Å²) in [7, 11) is 2.04. The fourth-order valence-electron chi connectivity index (χ4n) is 3.75. The van der Waals surface area contributed by atoms with Crippen LogP contribution in [0.15, 0.2) is 18.2 Å². The number of aliphatic hydroxyl groups excluding tert-OH is 1. The minimum atomic E-state index is 0.295. The summed E-state index contributed by atoms with van der Waals surface area (Å²) in [5.41, 5.74) is 3.70. The lowest BCUT2D eigenvalue weighted by molar-refractivity contribution is 0.201. The van der Waals surface area contributed by atoms with Gasteiger partial charge in [-0.3, -0.25) is 4.68 Å². The van der Waals surface area contributed by atoms with Crippen LogP contribution in [-0.2, 0) is 7.05 Å². The van der Waals surface area contributed by atoms with Crippen molar-refractivity contribution in [1.29, 1.82) is 0 Å². The van der Waals surface area contributed by atoms with Crippen LogP contribution < -0.4 is 10.2 Å². The highest BCUT2D eigenvalue weighted by molar-refractivity contribution is 5.86. The van der Waals surface area contributed by atoms with Crippen LogP contribution in [0.25, 0.3) is 10.9 Å². The van der Waals surface area contributed by atoms with Crippen LogP contribution in [0.2, 0.25) is 0 Å². The number of fused-ring (bicyclic) bond motifs is 1. The van der Waals surface area contributed by atoms with Crippen LogP contribution in [0.4, 0.5) is 5.69 Å². The van der Waals surface area contributed by atoms with Crippen molar-refractivity contribution in [2.24, 2.45) is 13.0 Å². The second-order valence-electron chi connectivity index (χ2n) is 6.71. The van der Waals surface area contributed by atoms with Gasteiger partial charge in [0.2, 0.25) is 0 Å². The van der Waals surface area contributed by atoms with E-state index in [1.165, 1.54) is 35.1 Å². The number of piperidine rings is 1. The van der Waals surface area contributed by atoms with E-state index in [2.05, 4.69) is 28.4 Å². The van der Waals surface area contributed by atoms with E-state index < -0.39 is 0 Å². The Labute approximate surface area is 130 Å². The van der Waals surface area contributed by atoms with Gasteiger partial charge < -0.3 is 15.3 Å². The second kappa shape index (κ2) is 5.56. The maximum absolute atomic E-state index is 9.17. The summed E-state index contributed by atoms with van der Waals surface area (Å²) in [5, 5.41) is 18.8. The number of nitrogens with zero attached hydrogens (tertiary/aromatic N) is 3. The molecule has 2 fully saturated rings. The molecule has 5 nitrogen and oxygen atoms in total. The Balaban J connectivity index is 1.64. The van der Waals surface area contributed by atoms with Gasteiger partial charge in [-0.15, -0.1) is 0 Å². The largest absolute Gasteiger partial charge is 0.396 e. The molecule has 1 aromatic heterocycles. The number of rotatable bonds is 3. The maximum atomic E-state index is 9.17. The molecule has 2 aromatic rings. The standard InChI is InChI=1S/C17H24N4O/c1-20-16-7-14(21-9-12(10-21)11-22)4-5-15(16)17(19-20)13-3-2-6-18-8-13/h4-5,7,12-13,18,22H,2-3,6,8-11H2,1H3. The Kier molecular flexibility index (Phi) is 3.54. The molecular formula is C17H24N4O. The van der Waals surface area contributed by atoms with Crippen LogP contribution in [0, 0.1) is 5.92 Å². The zero-order chi connectivity index (χ0) is 15.1. The number of benzene rings is 1. The van der Waals surface area contributed by atoms with E-state index >= 15 is 0 Å². The lowest BCUT2D eigenvalue weighted by atomic mass is 9.93. The molecule has 1 unspecified atom stereocenters. The first-order chi connectivity index (χ1) is 10.8. The second-order valence-corrected chi connectivity index (χ2v) is 6.71. The molecule has 118 valence electrons. The third-order valence-electron chi connectivity index (χ3n) is 5.13. The van der Waals surface area contributed by atoms with E-state index in [1.807, 2.05) is 11.7 Å². The number of aliphatic hydroxyl groups is 1. The monoisotopic (exact) mass is 300 g/mol. The van der Waals surface area contributed by atoms with Crippen LogP contribution >= 0.6 is 0 Å². The van der Waals surface area contributed by atoms with E-state index in [9.17, 15) is 0 Å². The normalized spacial score (nSPS) is 23.0. The lowest BCUT2D eigenvalue weighted by Gasteiger charge is -2.40. The van der Waals surface area contributed by atoms with Crippen molar-refractivity contribution in [3.63, 3.8) is 0 Å². The summed E-state index contributed by atoms with van der Waals surface area (Å²) in [6.45, 7) is 4.38. The topological polar surface area (TPSA) is 53.3 Å². The average molecular weight is 300 g/mol. The van der Waals surface area contributed by atoms with Crippen molar-refractivity contribution < 1.29 is 5.11 Å². The smallest absolute Gasteiger partial charge is 0.0746 e. The molecule has 22 heavy (non-hydrogen) atoms. The van der Waals surface area contributed by atoms with Gasteiger partial charge in [0.15, 0.2) is 0 Å². The maximum Gasteiger partial charge on any atom is 0.0746 e.